The van der Waals surface area contributed by atoms with Crippen molar-refractivity contribution < 1.29 is 14.0 Å². The molecule has 3 amide bonds. The molecule has 6 heteroatoms. The van der Waals surface area contributed by atoms with Crippen LogP contribution >= 0.6 is 0 Å². The van der Waals surface area contributed by atoms with Gasteiger partial charge in [-0.3, -0.25) is 4.79 Å². The molecule has 2 N–H and O–H groups in total. The monoisotopic (exact) mass is 251 g/mol. The molecule has 1 unspecified atom stereocenters. The van der Waals surface area contributed by atoms with Crippen molar-refractivity contribution in [3.8, 4) is 0 Å². The lowest BCUT2D eigenvalue weighted by atomic mass is 10.2. The molecule has 2 rings (SSSR count). The highest BCUT2D eigenvalue weighted by molar-refractivity contribution is 5.94. The van der Waals surface area contributed by atoms with E-state index in [9.17, 15) is 14.0 Å². The standard InChI is InChI=1S/C12H14FN3O2/c1-8-11(17)14-5-6-16(8)12(18)15-10-4-2-3-9(13)7-10/h2-4,7-8H,5-6H2,1H3,(H,14,17)(H,15,18). The van der Waals surface area contributed by atoms with Crippen LogP contribution in [0.2, 0.25) is 0 Å². The zero-order valence-electron chi connectivity index (χ0n) is 9.94. The summed E-state index contributed by atoms with van der Waals surface area (Å²) in [5, 5.41) is 5.24. The Kier molecular flexibility index (Phi) is 3.45. The van der Waals surface area contributed by atoms with Crippen LogP contribution in [0.1, 0.15) is 6.92 Å². The highest BCUT2D eigenvalue weighted by atomic mass is 19.1. The predicted molar refractivity (Wildman–Crippen MR) is 64.6 cm³/mol. The molecular weight excluding hydrogens is 237 g/mol. The van der Waals surface area contributed by atoms with Crippen LogP contribution in [0, 0.1) is 5.82 Å². The van der Waals surface area contributed by atoms with Crippen molar-refractivity contribution in [2.24, 2.45) is 0 Å². The molecule has 1 fully saturated rings. The summed E-state index contributed by atoms with van der Waals surface area (Å²) in [7, 11) is 0. The summed E-state index contributed by atoms with van der Waals surface area (Å²) >= 11 is 0. The van der Waals surface area contributed by atoms with Crippen LogP contribution in [0.5, 0.6) is 0 Å². The number of halogens is 1. The smallest absolute Gasteiger partial charge is 0.322 e. The second-order valence-corrected chi connectivity index (χ2v) is 4.10. The number of nitrogens with zero attached hydrogens (tertiary/aromatic N) is 1. The van der Waals surface area contributed by atoms with Gasteiger partial charge in [0.2, 0.25) is 5.91 Å². The lowest BCUT2D eigenvalue weighted by Crippen LogP contribution is -2.56. The van der Waals surface area contributed by atoms with Gasteiger partial charge in [0.1, 0.15) is 11.9 Å². The van der Waals surface area contributed by atoms with Crippen molar-refractivity contribution in [1.29, 1.82) is 0 Å². The van der Waals surface area contributed by atoms with E-state index in [1.807, 2.05) is 0 Å². The molecule has 1 saturated heterocycles. The largest absolute Gasteiger partial charge is 0.353 e. The van der Waals surface area contributed by atoms with E-state index in [-0.39, 0.29) is 5.91 Å². The third-order valence-corrected chi connectivity index (χ3v) is 2.84. The minimum atomic E-state index is -0.521. The molecular formula is C12H14FN3O2. The number of urea groups is 1. The van der Waals surface area contributed by atoms with E-state index < -0.39 is 17.9 Å². The van der Waals surface area contributed by atoms with E-state index in [4.69, 9.17) is 0 Å². The fourth-order valence-corrected chi connectivity index (χ4v) is 1.82. The lowest BCUT2D eigenvalue weighted by Gasteiger charge is -2.32. The maximum atomic E-state index is 13.0. The van der Waals surface area contributed by atoms with Gasteiger partial charge in [-0.1, -0.05) is 6.07 Å². The lowest BCUT2D eigenvalue weighted by molar-refractivity contribution is -0.126. The third-order valence-electron chi connectivity index (χ3n) is 2.84. The Hall–Kier alpha value is -2.11. The van der Waals surface area contributed by atoms with E-state index in [0.29, 0.717) is 18.8 Å². The van der Waals surface area contributed by atoms with Crippen LogP contribution in [-0.4, -0.2) is 36.0 Å². The highest BCUT2D eigenvalue weighted by Crippen LogP contribution is 2.12. The number of carbonyl (C=O) groups excluding carboxylic acids is 2. The number of carbonyl (C=O) groups is 2. The van der Waals surface area contributed by atoms with Gasteiger partial charge in [0.05, 0.1) is 0 Å². The Balaban J connectivity index is 2.05. The average Bonchev–Trinajstić information content (AvgIpc) is 2.32. The van der Waals surface area contributed by atoms with E-state index in [1.54, 1.807) is 13.0 Å². The van der Waals surface area contributed by atoms with Crippen LogP contribution in [0.15, 0.2) is 24.3 Å². The van der Waals surface area contributed by atoms with E-state index in [1.165, 1.54) is 23.1 Å². The fraction of sp³-hybridized carbons (Fsp3) is 0.333. The number of nitrogens with one attached hydrogen (secondary N) is 2. The predicted octanol–water partition coefficient (Wildman–Crippen LogP) is 1.18. The van der Waals surface area contributed by atoms with Gasteiger partial charge in [0.15, 0.2) is 0 Å². The number of rotatable bonds is 1. The normalized spacial score (nSPS) is 19.3. The third kappa shape index (κ3) is 2.58. The second kappa shape index (κ2) is 5.03. The average molecular weight is 251 g/mol. The number of hydrogen-bond acceptors (Lipinski definition) is 2. The molecule has 1 atom stereocenters. The fourth-order valence-electron chi connectivity index (χ4n) is 1.82. The first-order valence-electron chi connectivity index (χ1n) is 5.69. The van der Waals surface area contributed by atoms with Gasteiger partial charge in [-0.15, -0.1) is 0 Å². The summed E-state index contributed by atoms with van der Waals surface area (Å²) in [5.41, 5.74) is 0.373. The molecule has 1 aromatic carbocycles. The molecule has 0 aromatic heterocycles. The Morgan fingerprint density at radius 2 is 2.33 bits per heavy atom. The topological polar surface area (TPSA) is 61.4 Å². The van der Waals surface area contributed by atoms with E-state index in [0.717, 1.165) is 0 Å². The number of hydrogen-bond donors (Lipinski definition) is 2. The first-order chi connectivity index (χ1) is 8.58. The van der Waals surface area contributed by atoms with Gasteiger partial charge in [-0.25, -0.2) is 9.18 Å². The number of benzene rings is 1. The summed E-state index contributed by atoms with van der Waals surface area (Å²) in [6, 6.07) is 4.71. The van der Waals surface area contributed by atoms with Crippen molar-refractivity contribution in [3.63, 3.8) is 0 Å². The van der Waals surface area contributed by atoms with Crippen LogP contribution in [0.25, 0.3) is 0 Å². The molecule has 0 saturated carbocycles. The zero-order chi connectivity index (χ0) is 13.1. The van der Waals surface area contributed by atoms with Crippen LogP contribution in [0.3, 0.4) is 0 Å². The molecule has 1 aliphatic rings. The van der Waals surface area contributed by atoms with E-state index >= 15 is 0 Å². The Bertz CT molecular complexity index is 478. The Morgan fingerprint density at radius 3 is 3.06 bits per heavy atom. The molecule has 18 heavy (non-hydrogen) atoms. The maximum absolute atomic E-state index is 13.0. The van der Waals surface area contributed by atoms with Crippen molar-refractivity contribution >= 4 is 17.6 Å². The molecule has 0 bridgehead atoms. The van der Waals surface area contributed by atoms with Gasteiger partial charge < -0.3 is 15.5 Å². The van der Waals surface area contributed by atoms with Gasteiger partial charge in [-0.05, 0) is 25.1 Å². The van der Waals surface area contributed by atoms with Crippen molar-refractivity contribution in [2.45, 2.75) is 13.0 Å². The molecule has 1 heterocycles. The van der Waals surface area contributed by atoms with Gasteiger partial charge >= 0.3 is 6.03 Å². The summed E-state index contributed by atoms with van der Waals surface area (Å²) < 4.78 is 13.0. The minimum absolute atomic E-state index is 0.185. The molecule has 0 radical (unpaired) electrons. The second-order valence-electron chi connectivity index (χ2n) is 4.10. The summed E-state index contributed by atoms with van der Waals surface area (Å²) in [6.45, 7) is 2.52. The van der Waals surface area contributed by atoms with Crippen LogP contribution in [0.4, 0.5) is 14.9 Å². The summed E-state index contributed by atoms with van der Waals surface area (Å²) in [6.07, 6.45) is 0. The van der Waals surface area contributed by atoms with Gasteiger partial charge in [-0.2, -0.15) is 0 Å². The molecule has 1 aliphatic heterocycles. The van der Waals surface area contributed by atoms with Crippen molar-refractivity contribution in [1.82, 2.24) is 10.2 Å². The van der Waals surface area contributed by atoms with Crippen LogP contribution < -0.4 is 10.6 Å². The van der Waals surface area contributed by atoms with Gasteiger partial charge in [0.25, 0.3) is 0 Å². The van der Waals surface area contributed by atoms with Crippen LogP contribution in [-0.2, 0) is 4.79 Å². The molecule has 5 nitrogen and oxygen atoms in total. The zero-order valence-corrected chi connectivity index (χ0v) is 9.94. The molecule has 1 aromatic rings. The SMILES string of the molecule is CC1C(=O)NCCN1C(=O)Nc1cccc(F)c1. The van der Waals surface area contributed by atoms with Crippen molar-refractivity contribution in [3.05, 3.63) is 30.1 Å². The first kappa shape index (κ1) is 12.3. The Morgan fingerprint density at radius 1 is 1.56 bits per heavy atom. The van der Waals surface area contributed by atoms with E-state index in [2.05, 4.69) is 10.6 Å². The first-order valence-corrected chi connectivity index (χ1v) is 5.69. The summed E-state index contributed by atoms with van der Waals surface area (Å²) in [5.74, 6) is -0.604. The molecule has 96 valence electrons. The Labute approximate surface area is 104 Å². The number of anilines is 1. The van der Waals surface area contributed by atoms with Crippen molar-refractivity contribution in [2.75, 3.05) is 18.4 Å². The number of piperazine rings is 1. The molecule has 0 aliphatic carbocycles. The maximum Gasteiger partial charge on any atom is 0.322 e. The summed E-state index contributed by atoms with van der Waals surface area (Å²) in [4.78, 5) is 24.8. The van der Waals surface area contributed by atoms with Gasteiger partial charge in [0, 0.05) is 18.8 Å². The number of amides is 3. The quantitative estimate of drug-likeness (QED) is 0.787. The highest BCUT2D eigenvalue weighted by Gasteiger charge is 2.29. The molecule has 0 spiro atoms. The minimum Gasteiger partial charge on any atom is -0.353 e.